The van der Waals surface area contributed by atoms with Crippen LogP contribution in [0.25, 0.3) is 0 Å². The fourth-order valence-electron chi connectivity index (χ4n) is 4.98. The van der Waals surface area contributed by atoms with Crippen molar-refractivity contribution in [3.63, 3.8) is 0 Å². The Labute approximate surface area is 207 Å². The van der Waals surface area contributed by atoms with Crippen molar-refractivity contribution in [1.29, 1.82) is 0 Å². The van der Waals surface area contributed by atoms with E-state index in [9.17, 15) is 14.4 Å². The Morgan fingerprint density at radius 3 is 2.60 bits per heavy atom. The van der Waals surface area contributed by atoms with Gasteiger partial charge in [-0.2, -0.15) is 0 Å². The summed E-state index contributed by atoms with van der Waals surface area (Å²) in [5.74, 6) is 0.392. The zero-order chi connectivity index (χ0) is 25.5. The van der Waals surface area contributed by atoms with Gasteiger partial charge < -0.3 is 29.9 Å². The Kier molecular flexibility index (Phi) is 6.74. The Bertz CT molecular complexity index is 998. The van der Waals surface area contributed by atoms with Gasteiger partial charge in [-0.05, 0) is 65.7 Å². The molecule has 1 saturated heterocycles. The molecule has 4 rings (SSSR count). The van der Waals surface area contributed by atoms with Gasteiger partial charge in [0.15, 0.2) is 5.60 Å². The first-order valence-corrected chi connectivity index (χ1v) is 12.6. The molecule has 2 heterocycles. The lowest BCUT2D eigenvalue weighted by molar-refractivity contribution is -0.128. The fourth-order valence-corrected chi connectivity index (χ4v) is 4.98. The molecule has 1 spiro atoms. The summed E-state index contributed by atoms with van der Waals surface area (Å²) in [6.45, 7) is 11.2. The fraction of sp³-hybridized carbons (Fsp3) is 0.654. The second kappa shape index (κ2) is 9.33. The largest absolute Gasteiger partial charge is 0.475 e. The highest BCUT2D eigenvalue weighted by molar-refractivity contribution is 6.06. The summed E-state index contributed by atoms with van der Waals surface area (Å²) in [7, 11) is 0. The molecule has 2 aliphatic heterocycles. The second-order valence-electron chi connectivity index (χ2n) is 11.1. The van der Waals surface area contributed by atoms with E-state index in [1.165, 1.54) is 0 Å². The molecule has 1 aliphatic carbocycles. The minimum atomic E-state index is -0.759. The third-order valence-electron chi connectivity index (χ3n) is 6.73. The maximum Gasteiger partial charge on any atom is 0.410 e. The van der Waals surface area contributed by atoms with Gasteiger partial charge in [-0.25, -0.2) is 4.79 Å². The Balaban J connectivity index is 1.57. The zero-order valence-electron chi connectivity index (χ0n) is 21.5. The number of anilines is 1. The topological polar surface area (TPSA) is 105 Å². The van der Waals surface area contributed by atoms with Gasteiger partial charge in [0.2, 0.25) is 0 Å². The molecule has 0 aromatic heterocycles. The van der Waals surface area contributed by atoms with Crippen molar-refractivity contribution in [2.75, 3.05) is 31.1 Å². The van der Waals surface area contributed by atoms with Crippen LogP contribution in [0.3, 0.4) is 0 Å². The third-order valence-corrected chi connectivity index (χ3v) is 6.73. The molecule has 1 aromatic rings. The van der Waals surface area contributed by atoms with Crippen LogP contribution in [-0.2, 0) is 9.53 Å². The molecule has 9 heteroatoms. The van der Waals surface area contributed by atoms with Crippen LogP contribution in [0.2, 0.25) is 0 Å². The summed E-state index contributed by atoms with van der Waals surface area (Å²) in [5.41, 5.74) is 5.53. The Hall–Kier alpha value is -2.81. The number of amides is 3. The van der Waals surface area contributed by atoms with Gasteiger partial charge in [-0.15, -0.1) is 0 Å². The van der Waals surface area contributed by atoms with Gasteiger partial charge in [0.25, 0.3) is 11.8 Å². The summed E-state index contributed by atoms with van der Waals surface area (Å²) in [4.78, 5) is 44.7. The normalized spacial score (nSPS) is 21.0. The molecule has 0 unspecified atom stereocenters. The standard InChI is InChI=1S/C26H38N4O5/c1-17(2)30(19-7-6-13-28(16-19)24(33)35-25(3,4)5)22(31)18-8-9-21-20(15-18)29(14-12-27)23(32)26(34-21)10-11-26/h8-9,15,17,19H,6-7,10-14,16,27H2,1-5H3/t19-/m1/s1. The molecule has 3 amide bonds. The number of hydrogen-bond acceptors (Lipinski definition) is 6. The number of rotatable bonds is 5. The lowest BCUT2D eigenvalue weighted by Gasteiger charge is -2.42. The zero-order valence-corrected chi connectivity index (χ0v) is 21.5. The van der Waals surface area contributed by atoms with Crippen LogP contribution in [0.1, 0.15) is 70.7 Å². The molecular weight excluding hydrogens is 448 g/mol. The summed E-state index contributed by atoms with van der Waals surface area (Å²) in [6.07, 6.45) is 2.64. The number of ether oxygens (including phenoxy) is 2. The number of piperidine rings is 1. The van der Waals surface area contributed by atoms with Crippen LogP contribution in [0.15, 0.2) is 18.2 Å². The molecule has 3 aliphatic rings. The molecule has 1 saturated carbocycles. The molecule has 0 radical (unpaired) electrons. The molecule has 1 aromatic carbocycles. The average Bonchev–Trinajstić information content (AvgIpc) is 3.56. The average molecular weight is 487 g/mol. The van der Waals surface area contributed by atoms with E-state index in [4.69, 9.17) is 15.2 Å². The van der Waals surface area contributed by atoms with Crippen molar-refractivity contribution in [2.45, 2.75) is 83.6 Å². The maximum absolute atomic E-state index is 13.8. The van der Waals surface area contributed by atoms with E-state index in [-0.39, 0.29) is 30.0 Å². The molecule has 192 valence electrons. The number of fused-ring (bicyclic) bond motifs is 1. The monoisotopic (exact) mass is 486 g/mol. The van der Waals surface area contributed by atoms with Gasteiger partial charge in [0.1, 0.15) is 11.4 Å². The predicted molar refractivity (Wildman–Crippen MR) is 133 cm³/mol. The summed E-state index contributed by atoms with van der Waals surface area (Å²) in [6, 6.07) is 5.08. The number of nitrogens with zero attached hydrogens (tertiary/aromatic N) is 3. The van der Waals surface area contributed by atoms with Crippen molar-refractivity contribution < 1.29 is 23.9 Å². The third kappa shape index (κ3) is 5.10. The van der Waals surface area contributed by atoms with E-state index < -0.39 is 11.2 Å². The maximum atomic E-state index is 13.8. The van der Waals surface area contributed by atoms with Crippen molar-refractivity contribution in [1.82, 2.24) is 9.80 Å². The number of benzene rings is 1. The van der Waals surface area contributed by atoms with Crippen molar-refractivity contribution in [2.24, 2.45) is 5.73 Å². The SMILES string of the molecule is CC(C)N(C(=O)c1ccc2c(c1)N(CCN)C(=O)C1(CC1)O2)[C@@H]1CCCN(C(=O)OC(C)(C)C)C1. The van der Waals surface area contributed by atoms with Crippen LogP contribution < -0.4 is 15.4 Å². The van der Waals surface area contributed by atoms with E-state index in [2.05, 4.69) is 0 Å². The lowest BCUT2D eigenvalue weighted by atomic mass is 10.0. The number of carbonyl (C=O) groups is 3. The molecule has 2 N–H and O–H groups in total. The molecule has 9 nitrogen and oxygen atoms in total. The van der Waals surface area contributed by atoms with E-state index >= 15 is 0 Å². The first kappa shape index (κ1) is 25.3. The highest BCUT2D eigenvalue weighted by atomic mass is 16.6. The van der Waals surface area contributed by atoms with Crippen LogP contribution >= 0.6 is 0 Å². The van der Waals surface area contributed by atoms with Gasteiger partial charge in [-0.3, -0.25) is 9.59 Å². The number of likely N-dealkylation sites (tertiary alicyclic amines) is 1. The molecular formula is C26H38N4O5. The first-order chi connectivity index (χ1) is 16.5. The summed E-state index contributed by atoms with van der Waals surface area (Å²) < 4.78 is 11.6. The first-order valence-electron chi connectivity index (χ1n) is 12.6. The summed E-state index contributed by atoms with van der Waals surface area (Å²) >= 11 is 0. The van der Waals surface area contributed by atoms with E-state index in [1.54, 1.807) is 28.0 Å². The van der Waals surface area contributed by atoms with Crippen LogP contribution in [0, 0.1) is 0 Å². The van der Waals surface area contributed by atoms with Crippen molar-refractivity contribution in [3.05, 3.63) is 23.8 Å². The number of nitrogens with two attached hydrogens (primary N) is 1. The van der Waals surface area contributed by atoms with E-state index in [0.29, 0.717) is 56.0 Å². The molecule has 2 fully saturated rings. The van der Waals surface area contributed by atoms with Gasteiger partial charge in [0, 0.05) is 50.6 Å². The van der Waals surface area contributed by atoms with Gasteiger partial charge in [-0.1, -0.05) is 0 Å². The smallest absolute Gasteiger partial charge is 0.410 e. The van der Waals surface area contributed by atoms with Crippen LogP contribution in [0.5, 0.6) is 5.75 Å². The second-order valence-corrected chi connectivity index (χ2v) is 11.1. The molecule has 35 heavy (non-hydrogen) atoms. The van der Waals surface area contributed by atoms with E-state index in [0.717, 1.165) is 12.8 Å². The van der Waals surface area contributed by atoms with Gasteiger partial charge >= 0.3 is 6.09 Å². The minimum absolute atomic E-state index is 0.0742. The molecule has 0 bridgehead atoms. The van der Waals surface area contributed by atoms with Crippen LogP contribution in [0.4, 0.5) is 10.5 Å². The predicted octanol–water partition coefficient (Wildman–Crippen LogP) is 3.15. The Morgan fingerprint density at radius 1 is 1.29 bits per heavy atom. The van der Waals surface area contributed by atoms with Crippen LogP contribution in [-0.4, -0.2) is 77.2 Å². The summed E-state index contributed by atoms with van der Waals surface area (Å²) in [5, 5.41) is 0. The highest BCUT2D eigenvalue weighted by Crippen LogP contribution is 2.49. The lowest BCUT2D eigenvalue weighted by Crippen LogP contribution is -2.54. The van der Waals surface area contributed by atoms with Crippen molar-refractivity contribution in [3.8, 4) is 5.75 Å². The quantitative estimate of drug-likeness (QED) is 0.685. The van der Waals surface area contributed by atoms with Crippen molar-refractivity contribution >= 4 is 23.6 Å². The number of hydrogen-bond donors (Lipinski definition) is 1. The van der Waals surface area contributed by atoms with Gasteiger partial charge in [0.05, 0.1) is 11.7 Å². The van der Waals surface area contributed by atoms with E-state index in [1.807, 2.05) is 39.5 Å². The molecule has 1 atom stereocenters. The Morgan fingerprint density at radius 2 is 2.00 bits per heavy atom. The highest BCUT2D eigenvalue weighted by Gasteiger charge is 2.57. The number of carbonyl (C=O) groups excluding carboxylic acids is 3. The minimum Gasteiger partial charge on any atom is -0.475 e.